The lowest BCUT2D eigenvalue weighted by molar-refractivity contribution is -0.122. The van der Waals surface area contributed by atoms with Crippen molar-refractivity contribution in [3.05, 3.63) is 17.5 Å². The van der Waals surface area contributed by atoms with Crippen LogP contribution in [0, 0.1) is 5.92 Å². The van der Waals surface area contributed by atoms with Gasteiger partial charge in [-0.05, 0) is 38.2 Å². The molecule has 1 aromatic heterocycles. The number of rotatable bonds is 4. The normalized spacial score (nSPS) is 25.0. The highest BCUT2D eigenvalue weighted by atomic mass is 16.2. The van der Waals surface area contributed by atoms with Gasteiger partial charge in [-0.15, -0.1) is 0 Å². The van der Waals surface area contributed by atoms with E-state index in [4.69, 9.17) is 0 Å². The Morgan fingerprint density at radius 1 is 1.12 bits per heavy atom. The third-order valence-corrected chi connectivity index (χ3v) is 5.62. The molecule has 4 rings (SSSR count). The van der Waals surface area contributed by atoms with Gasteiger partial charge in [0.2, 0.25) is 5.91 Å². The molecule has 1 atom stereocenters. The molecule has 1 saturated heterocycles. The van der Waals surface area contributed by atoms with Crippen LogP contribution in [0.5, 0.6) is 0 Å². The molecule has 1 aliphatic heterocycles. The van der Waals surface area contributed by atoms with Crippen LogP contribution in [0.25, 0.3) is 0 Å². The minimum atomic E-state index is 0.00716. The van der Waals surface area contributed by atoms with Gasteiger partial charge in [0, 0.05) is 31.0 Å². The molecule has 0 bridgehead atoms. The molecule has 6 heteroatoms. The van der Waals surface area contributed by atoms with Crippen LogP contribution in [0.1, 0.15) is 73.5 Å². The van der Waals surface area contributed by atoms with E-state index in [1.165, 1.54) is 32.1 Å². The quantitative estimate of drug-likeness (QED) is 0.888. The smallest absolute Gasteiger partial charge is 0.271 e. The first-order chi connectivity index (χ1) is 11.7. The van der Waals surface area contributed by atoms with Crippen molar-refractivity contribution in [3.63, 3.8) is 0 Å². The summed E-state index contributed by atoms with van der Waals surface area (Å²) < 4.78 is 0. The van der Waals surface area contributed by atoms with E-state index < -0.39 is 0 Å². The van der Waals surface area contributed by atoms with Crippen LogP contribution in [0.15, 0.2) is 6.07 Å². The number of H-pyrrole nitrogens is 1. The average Bonchev–Trinajstić information content (AvgIpc) is 3.17. The molecular formula is C18H26N4O2. The highest BCUT2D eigenvalue weighted by Gasteiger charge is 2.34. The Labute approximate surface area is 142 Å². The van der Waals surface area contributed by atoms with Crippen molar-refractivity contribution in [1.29, 1.82) is 0 Å². The van der Waals surface area contributed by atoms with Crippen molar-refractivity contribution >= 4 is 11.8 Å². The molecule has 0 aromatic carbocycles. The Hall–Kier alpha value is -1.85. The second-order valence-electron chi connectivity index (χ2n) is 7.56. The molecule has 3 aliphatic rings. The van der Waals surface area contributed by atoms with Gasteiger partial charge in [-0.2, -0.15) is 5.10 Å². The standard InChI is InChI=1S/C18H26N4O2/c23-17(13-6-7-13)19-14-8-9-22(11-14)18(24)16-10-15(20-21-16)12-4-2-1-3-5-12/h10,12-14H,1-9,11H2,(H,19,23)(H,20,21). The second-order valence-corrected chi connectivity index (χ2v) is 7.56. The van der Waals surface area contributed by atoms with Crippen LogP contribution in [0.2, 0.25) is 0 Å². The van der Waals surface area contributed by atoms with Crippen molar-refractivity contribution in [1.82, 2.24) is 20.4 Å². The van der Waals surface area contributed by atoms with Crippen LogP contribution in [-0.4, -0.2) is 46.0 Å². The zero-order valence-corrected chi connectivity index (χ0v) is 14.1. The number of hydrogen-bond donors (Lipinski definition) is 2. The first kappa shape index (κ1) is 15.7. The lowest BCUT2D eigenvalue weighted by Gasteiger charge is -2.19. The summed E-state index contributed by atoms with van der Waals surface area (Å²) >= 11 is 0. The fourth-order valence-electron chi connectivity index (χ4n) is 3.95. The number of nitrogens with one attached hydrogen (secondary N) is 2. The Morgan fingerprint density at radius 2 is 1.92 bits per heavy atom. The maximum Gasteiger partial charge on any atom is 0.271 e. The highest BCUT2D eigenvalue weighted by Crippen LogP contribution is 2.32. The third-order valence-electron chi connectivity index (χ3n) is 5.62. The average molecular weight is 330 g/mol. The van der Waals surface area contributed by atoms with E-state index >= 15 is 0 Å². The second kappa shape index (κ2) is 6.57. The van der Waals surface area contributed by atoms with Crippen molar-refractivity contribution in [3.8, 4) is 0 Å². The molecule has 2 saturated carbocycles. The first-order valence-corrected chi connectivity index (χ1v) is 9.35. The van der Waals surface area contributed by atoms with Crippen molar-refractivity contribution in [2.45, 2.75) is 63.3 Å². The zero-order chi connectivity index (χ0) is 16.5. The molecule has 130 valence electrons. The molecule has 0 radical (unpaired) electrons. The Balaban J connectivity index is 1.34. The maximum absolute atomic E-state index is 12.7. The summed E-state index contributed by atoms with van der Waals surface area (Å²) in [6, 6.07) is 2.04. The van der Waals surface area contributed by atoms with Gasteiger partial charge in [0.15, 0.2) is 0 Å². The summed E-state index contributed by atoms with van der Waals surface area (Å²) in [6.45, 7) is 1.31. The fourth-order valence-corrected chi connectivity index (χ4v) is 3.95. The van der Waals surface area contributed by atoms with E-state index in [2.05, 4.69) is 15.5 Å². The summed E-state index contributed by atoms with van der Waals surface area (Å²) in [5.41, 5.74) is 1.63. The minimum absolute atomic E-state index is 0.00716. The number of aromatic amines is 1. The summed E-state index contributed by atoms with van der Waals surface area (Å²) in [7, 11) is 0. The van der Waals surface area contributed by atoms with E-state index in [0.717, 1.165) is 25.0 Å². The summed E-state index contributed by atoms with van der Waals surface area (Å²) in [5.74, 6) is 0.893. The van der Waals surface area contributed by atoms with Crippen LogP contribution >= 0.6 is 0 Å². The van der Waals surface area contributed by atoms with Crippen LogP contribution in [-0.2, 0) is 4.79 Å². The summed E-state index contributed by atoms with van der Waals surface area (Å²) in [5, 5.41) is 10.4. The van der Waals surface area contributed by atoms with Gasteiger partial charge >= 0.3 is 0 Å². The van der Waals surface area contributed by atoms with Gasteiger partial charge in [0.1, 0.15) is 5.69 Å². The first-order valence-electron chi connectivity index (χ1n) is 9.35. The predicted molar refractivity (Wildman–Crippen MR) is 89.6 cm³/mol. The number of nitrogens with zero attached hydrogens (tertiary/aromatic N) is 2. The van der Waals surface area contributed by atoms with Gasteiger partial charge in [0.25, 0.3) is 5.91 Å². The van der Waals surface area contributed by atoms with Crippen molar-refractivity contribution in [2.24, 2.45) is 5.92 Å². The molecule has 2 N–H and O–H groups in total. The van der Waals surface area contributed by atoms with Crippen LogP contribution in [0.3, 0.4) is 0 Å². The molecule has 2 heterocycles. The van der Waals surface area contributed by atoms with Gasteiger partial charge in [-0.3, -0.25) is 14.7 Å². The van der Waals surface area contributed by atoms with E-state index in [0.29, 0.717) is 24.7 Å². The molecule has 1 unspecified atom stereocenters. The Bertz CT molecular complexity index is 616. The monoisotopic (exact) mass is 330 g/mol. The fraction of sp³-hybridized carbons (Fsp3) is 0.722. The predicted octanol–water partition coefficient (Wildman–Crippen LogP) is 2.20. The van der Waals surface area contributed by atoms with Crippen molar-refractivity contribution < 1.29 is 9.59 Å². The number of hydrogen-bond acceptors (Lipinski definition) is 3. The maximum atomic E-state index is 12.7. The zero-order valence-electron chi connectivity index (χ0n) is 14.1. The Kier molecular flexibility index (Phi) is 4.29. The lowest BCUT2D eigenvalue weighted by atomic mass is 9.87. The summed E-state index contributed by atoms with van der Waals surface area (Å²) in [6.07, 6.45) is 9.06. The van der Waals surface area contributed by atoms with E-state index in [1.54, 1.807) is 0 Å². The molecule has 24 heavy (non-hydrogen) atoms. The van der Waals surface area contributed by atoms with Gasteiger partial charge < -0.3 is 10.2 Å². The molecular weight excluding hydrogens is 304 g/mol. The van der Waals surface area contributed by atoms with E-state index in [-0.39, 0.29) is 23.8 Å². The number of aromatic nitrogens is 2. The molecule has 6 nitrogen and oxygen atoms in total. The number of carbonyl (C=O) groups is 2. The van der Waals surface area contributed by atoms with E-state index in [1.807, 2.05) is 11.0 Å². The number of amides is 2. The van der Waals surface area contributed by atoms with Crippen LogP contribution in [0.4, 0.5) is 0 Å². The Morgan fingerprint density at radius 3 is 2.67 bits per heavy atom. The van der Waals surface area contributed by atoms with Crippen LogP contribution < -0.4 is 5.32 Å². The highest BCUT2D eigenvalue weighted by molar-refractivity contribution is 5.92. The van der Waals surface area contributed by atoms with Gasteiger partial charge in [-0.25, -0.2) is 0 Å². The van der Waals surface area contributed by atoms with E-state index in [9.17, 15) is 9.59 Å². The minimum Gasteiger partial charge on any atom is -0.351 e. The van der Waals surface area contributed by atoms with Gasteiger partial charge in [0.05, 0.1) is 5.69 Å². The molecule has 2 aliphatic carbocycles. The molecule has 3 fully saturated rings. The molecule has 0 spiro atoms. The topological polar surface area (TPSA) is 78.1 Å². The van der Waals surface area contributed by atoms with Crippen molar-refractivity contribution in [2.75, 3.05) is 13.1 Å². The molecule has 2 amide bonds. The largest absolute Gasteiger partial charge is 0.351 e. The number of carbonyl (C=O) groups excluding carboxylic acids is 2. The third kappa shape index (κ3) is 3.32. The molecule has 1 aromatic rings. The summed E-state index contributed by atoms with van der Waals surface area (Å²) in [4.78, 5) is 26.3. The lowest BCUT2D eigenvalue weighted by Crippen LogP contribution is -2.39. The van der Waals surface area contributed by atoms with Gasteiger partial charge in [-0.1, -0.05) is 19.3 Å². The number of likely N-dealkylation sites (tertiary alicyclic amines) is 1. The SMILES string of the molecule is O=C(NC1CCN(C(=O)c2cc(C3CCCCC3)n[nH]2)C1)C1CC1.